The van der Waals surface area contributed by atoms with Crippen molar-refractivity contribution < 1.29 is 9.53 Å². The standard InChI is InChI=1S/C14H15ClN2O2/c1-2-19-14(18)13-4-3-9-17(13)16-10-11-5-7-12(15)8-6-11/h3-9,16H,2,10H2,1H3. The summed E-state index contributed by atoms with van der Waals surface area (Å²) in [6.45, 7) is 2.74. The van der Waals surface area contributed by atoms with E-state index in [0.717, 1.165) is 5.56 Å². The molecule has 0 aliphatic heterocycles. The maximum absolute atomic E-state index is 11.7. The number of rotatable bonds is 5. The van der Waals surface area contributed by atoms with Crippen LogP contribution in [0.2, 0.25) is 5.02 Å². The van der Waals surface area contributed by atoms with E-state index in [1.165, 1.54) is 0 Å². The minimum Gasteiger partial charge on any atom is -0.461 e. The lowest BCUT2D eigenvalue weighted by molar-refractivity contribution is 0.0515. The number of ether oxygens (including phenoxy) is 1. The summed E-state index contributed by atoms with van der Waals surface area (Å²) in [5.74, 6) is -0.337. The zero-order valence-corrected chi connectivity index (χ0v) is 11.4. The largest absolute Gasteiger partial charge is 0.461 e. The van der Waals surface area contributed by atoms with E-state index in [0.29, 0.717) is 23.9 Å². The quantitative estimate of drug-likeness (QED) is 0.855. The molecule has 0 aliphatic carbocycles. The van der Waals surface area contributed by atoms with Gasteiger partial charge in [0.1, 0.15) is 5.69 Å². The van der Waals surface area contributed by atoms with Crippen LogP contribution < -0.4 is 5.43 Å². The van der Waals surface area contributed by atoms with E-state index in [1.54, 1.807) is 29.9 Å². The van der Waals surface area contributed by atoms with Gasteiger partial charge in [0, 0.05) is 11.2 Å². The first-order valence-corrected chi connectivity index (χ1v) is 6.41. The van der Waals surface area contributed by atoms with Crippen LogP contribution in [0.25, 0.3) is 0 Å². The Morgan fingerprint density at radius 3 is 2.74 bits per heavy atom. The topological polar surface area (TPSA) is 43.3 Å². The molecule has 2 aromatic rings. The molecule has 0 bridgehead atoms. The second-order valence-electron chi connectivity index (χ2n) is 3.95. The fraction of sp³-hybridized carbons (Fsp3) is 0.214. The van der Waals surface area contributed by atoms with E-state index < -0.39 is 0 Å². The molecule has 19 heavy (non-hydrogen) atoms. The molecule has 1 heterocycles. The number of nitrogens with one attached hydrogen (secondary N) is 1. The lowest BCUT2D eigenvalue weighted by Crippen LogP contribution is -2.20. The number of halogens is 1. The van der Waals surface area contributed by atoms with Crippen LogP contribution in [0.4, 0.5) is 0 Å². The van der Waals surface area contributed by atoms with Crippen molar-refractivity contribution >= 4 is 17.6 Å². The molecule has 0 saturated carbocycles. The average Bonchev–Trinajstić information content (AvgIpc) is 2.87. The predicted molar refractivity (Wildman–Crippen MR) is 74.9 cm³/mol. The Kier molecular flexibility index (Phi) is 4.47. The van der Waals surface area contributed by atoms with E-state index in [2.05, 4.69) is 5.43 Å². The predicted octanol–water partition coefficient (Wildman–Crippen LogP) is 3.06. The third kappa shape index (κ3) is 3.51. The van der Waals surface area contributed by atoms with Gasteiger partial charge in [0.05, 0.1) is 13.2 Å². The van der Waals surface area contributed by atoms with Crippen molar-refractivity contribution in [3.05, 3.63) is 58.9 Å². The zero-order valence-electron chi connectivity index (χ0n) is 10.6. The minimum absolute atomic E-state index is 0.337. The molecule has 0 spiro atoms. The maximum Gasteiger partial charge on any atom is 0.356 e. The van der Waals surface area contributed by atoms with Gasteiger partial charge in [0.25, 0.3) is 0 Å². The fourth-order valence-electron chi connectivity index (χ4n) is 1.67. The number of hydrogen-bond acceptors (Lipinski definition) is 3. The van der Waals surface area contributed by atoms with E-state index in [9.17, 15) is 4.79 Å². The first-order valence-electron chi connectivity index (χ1n) is 6.03. The molecule has 0 saturated heterocycles. The van der Waals surface area contributed by atoms with Gasteiger partial charge in [-0.2, -0.15) is 0 Å². The van der Waals surface area contributed by atoms with Gasteiger partial charge in [-0.1, -0.05) is 23.7 Å². The highest BCUT2D eigenvalue weighted by molar-refractivity contribution is 6.30. The lowest BCUT2D eigenvalue weighted by Gasteiger charge is -2.11. The summed E-state index contributed by atoms with van der Waals surface area (Å²) >= 11 is 5.83. The van der Waals surface area contributed by atoms with E-state index >= 15 is 0 Å². The number of carbonyl (C=O) groups excluding carboxylic acids is 1. The molecule has 0 fully saturated rings. The lowest BCUT2D eigenvalue weighted by atomic mass is 10.2. The first kappa shape index (κ1) is 13.5. The van der Waals surface area contributed by atoms with Gasteiger partial charge >= 0.3 is 5.97 Å². The van der Waals surface area contributed by atoms with E-state index in [-0.39, 0.29) is 5.97 Å². The Hall–Kier alpha value is -1.94. The monoisotopic (exact) mass is 278 g/mol. The van der Waals surface area contributed by atoms with Crippen LogP contribution in [0.3, 0.4) is 0 Å². The maximum atomic E-state index is 11.7. The molecule has 0 aliphatic rings. The van der Waals surface area contributed by atoms with Gasteiger partial charge in [-0.05, 0) is 36.8 Å². The second-order valence-corrected chi connectivity index (χ2v) is 4.38. The second kappa shape index (κ2) is 6.29. The molecule has 100 valence electrons. The summed E-state index contributed by atoms with van der Waals surface area (Å²) < 4.78 is 6.64. The minimum atomic E-state index is -0.337. The number of esters is 1. The summed E-state index contributed by atoms with van der Waals surface area (Å²) in [6, 6.07) is 11.0. The number of hydrogen-bond donors (Lipinski definition) is 1. The van der Waals surface area contributed by atoms with Crippen molar-refractivity contribution in [1.29, 1.82) is 0 Å². The molecule has 2 rings (SSSR count). The van der Waals surface area contributed by atoms with Crippen molar-refractivity contribution in [3.8, 4) is 0 Å². The van der Waals surface area contributed by atoms with Crippen molar-refractivity contribution in [1.82, 2.24) is 4.68 Å². The molecule has 1 aromatic carbocycles. The van der Waals surface area contributed by atoms with Crippen LogP contribution in [-0.4, -0.2) is 17.3 Å². The molecular formula is C14H15ClN2O2. The number of nitrogens with zero attached hydrogens (tertiary/aromatic N) is 1. The summed E-state index contributed by atoms with van der Waals surface area (Å²) in [5, 5.41) is 0.705. The van der Waals surface area contributed by atoms with Gasteiger partial charge in [-0.3, -0.25) is 4.68 Å². The van der Waals surface area contributed by atoms with Gasteiger partial charge in [0.2, 0.25) is 0 Å². The third-order valence-corrected chi connectivity index (χ3v) is 2.85. The van der Waals surface area contributed by atoms with Crippen LogP contribution >= 0.6 is 11.6 Å². The average molecular weight is 279 g/mol. The Balaban J connectivity index is 2.02. The molecule has 1 aromatic heterocycles. The van der Waals surface area contributed by atoms with Crippen molar-refractivity contribution in [2.75, 3.05) is 12.0 Å². The summed E-state index contributed by atoms with van der Waals surface area (Å²) in [7, 11) is 0. The molecule has 0 amide bonds. The Morgan fingerprint density at radius 2 is 2.05 bits per heavy atom. The number of benzene rings is 1. The SMILES string of the molecule is CCOC(=O)c1cccn1NCc1ccc(Cl)cc1. The smallest absolute Gasteiger partial charge is 0.356 e. The van der Waals surface area contributed by atoms with Crippen LogP contribution in [-0.2, 0) is 11.3 Å². The molecule has 0 unspecified atom stereocenters. The van der Waals surface area contributed by atoms with Crippen LogP contribution in [0.15, 0.2) is 42.6 Å². The number of aromatic nitrogens is 1. The molecule has 1 N–H and O–H groups in total. The summed E-state index contributed by atoms with van der Waals surface area (Å²) in [4.78, 5) is 11.7. The van der Waals surface area contributed by atoms with Crippen LogP contribution in [0.1, 0.15) is 23.0 Å². The fourth-order valence-corrected chi connectivity index (χ4v) is 1.79. The van der Waals surface area contributed by atoms with Gasteiger partial charge in [-0.25, -0.2) is 4.79 Å². The van der Waals surface area contributed by atoms with Gasteiger partial charge < -0.3 is 10.2 Å². The van der Waals surface area contributed by atoms with E-state index in [1.807, 2.05) is 24.3 Å². The van der Waals surface area contributed by atoms with Crippen LogP contribution in [0.5, 0.6) is 0 Å². The molecular weight excluding hydrogens is 264 g/mol. The summed E-state index contributed by atoms with van der Waals surface area (Å²) in [6.07, 6.45) is 1.78. The third-order valence-electron chi connectivity index (χ3n) is 2.60. The molecule has 0 radical (unpaired) electrons. The molecule has 4 nitrogen and oxygen atoms in total. The number of carbonyl (C=O) groups is 1. The highest BCUT2D eigenvalue weighted by Crippen LogP contribution is 2.10. The Labute approximate surface area is 116 Å². The van der Waals surface area contributed by atoms with Crippen molar-refractivity contribution in [2.24, 2.45) is 0 Å². The first-order chi connectivity index (χ1) is 9.20. The van der Waals surface area contributed by atoms with Crippen molar-refractivity contribution in [2.45, 2.75) is 13.5 Å². The normalized spacial score (nSPS) is 10.2. The van der Waals surface area contributed by atoms with E-state index in [4.69, 9.17) is 16.3 Å². The highest BCUT2D eigenvalue weighted by Gasteiger charge is 2.11. The van der Waals surface area contributed by atoms with Gasteiger partial charge in [-0.15, -0.1) is 0 Å². The molecule has 5 heteroatoms. The molecule has 0 atom stereocenters. The Bertz CT molecular complexity index is 549. The highest BCUT2D eigenvalue weighted by atomic mass is 35.5. The van der Waals surface area contributed by atoms with Gasteiger partial charge in [0.15, 0.2) is 0 Å². The summed E-state index contributed by atoms with van der Waals surface area (Å²) in [5.41, 5.74) is 4.70. The Morgan fingerprint density at radius 1 is 1.32 bits per heavy atom. The van der Waals surface area contributed by atoms with Crippen LogP contribution in [0, 0.1) is 0 Å². The van der Waals surface area contributed by atoms with Crippen molar-refractivity contribution in [3.63, 3.8) is 0 Å². The zero-order chi connectivity index (χ0) is 13.7.